The second kappa shape index (κ2) is 2.20. The number of rotatable bonds is 0. The van der Waals surface area contributed by atoms with E-state index < -0.39 is 0 Å². The highest BCUT2D eigenvalue weighted by Crippen LogP contribution is 2.21. The van der Waals surface area contributed by atoms with Gasteiger partial charge in [-0.3, -0.25) is 0 Å². The fourth-order valence-electron chi connectivity index (χ4n) is 0.945. The van der Waals surface area contributed by atoms with Crippen molar-refractivity contribution in [3.63, 3.8) is 0 Å². The molecule has 0 aliphatic heterocycles. The van der Waals surface area contributed by atoms with Crippen molar-refractivity contribution in [2.75, 3.05) is 0 Å². The summed E-state index contributed by atoms with van der Waals surface area (Å²) in [6.45, 7) is 1.85. The van der Waals surface area contributed by atoms with Crippen molar-refractivity contribution in [1.82, 2.24) is 9.97 Å². The summed E-state index contributed by atoms with van der Waals surface area (Å²) in [6, 6.07) is 1.82. The second-order valence-corrected chi connectivity index (χ2v) is 2.59. The van der Waals surface area contributed by atoms with Gasteiger partial charge in [-0.1, -0.05) is 11.6 Å². The predicted octanol–water partition coefficient (Wildman–Crippen LogP) is 2.18. The number of hydrogen-bond acceptors (Lipinski definition) is 3. The van der Waals surface area contributed by atoms with E-state index in [-0.39, 0.29) is 0 Å². The van der Waals surface area contributed by atoms with Gasteiger partial charge in [0.2, 0.25) is 0 Å². The predicted molar refractivity (Wildman–Crippen MR) is 41.6 cm³/mol. The average Bonchev–Trinajstić information content (AvgIpc) is 2.31. The maximum absolute atomic E-state index is 5.73. The zero-order valence-corrected chi connectivity index (χ0v) is 6.59. The van der Waals surface area contributed by atoms with Crippen molar-refractivity contribution < 1.29 is 4.42 Å². The molecule has 3 nitrogen and oxygen atoms in total. The van der Waals surface area contributed by atoms with Crippen LogP contribution in [0.3, 0.4) is 0 Å². The van der Waals surface area contributed by atoms with E-state index in [4.69, 9.17) is 16.0 Å². The van der Waals surface area contributed by atoms with Crippen molar-refractivity contribution in [2.24, 2.45) is 0 Å². The number of hydrogen-bond donors (Lipinski definition) is 0. The van der Waals surface area contributed by atoms with Gasteiger partial charge in [-0.15, -0.1) is 0 Å². The topological polar surface area (TPSA) is 38.9 Å². The van der Waals surface area contributed by atoms with E-state index in [9.17, 15) is 0 Å². The largest absolute Gasteiger partial charge is 0.456 e. The van der Waals surface area contributed by atoms with Gasteiger partial charge in [-0.2, -0.15) is 0 Å². The molecule has 2 rings (SSSR count). The van der Waals surface area contributed by atoms with Gasteiger partial charge in [-0.05, 0) is 6.92 Å². The molecule has 11 heavy (non-hydrogen) atoms. The van der Waals surface area contributed by atoms with E-state index >= 15 is 0 Å². The van der Waals surface area contributed by atoms with Crippen molar-refractivity contribution in [3.05, 3.63) is 23.3 Å². The van der Waals surface area contributed by atoms with Crippen molar-refractivity contribution in [3.8, 4) is 0 Å². The van der Waals surface area contributed by atoms with Crippen molar-refractivity contribution in [1.29, 1.82) is 0 Å². The highest BCUT2D eigenvalue weighted by Gasteiger charge is 2.05. The molecule has 56 valence electrons. The van der Waals surface area contributed by atoms with E-state index in [1.54, 1.807) is 0 Å². The Balaban J connectivity index is 2.90. The minimum atomic E-state index is 0.364. The van der Waals surface area contributed by atoms with Gasteiger partial charge >= 0.3 is 0 Å². The zero-order chi connectivity index (χ0) is 7.84. The van der Waals surface area contributed by atoms with Crippen LogP contribution < -0.4 is 0 Å². The molecule has 0 aromatic carbocycles. The molecular weight excluding hydrogens is 164 g/mol. The molecule has 0 saturated carbocycles. The number of fused-ring (bicyclic) bond motifs is 1. The fourth-order valence-corrected chi connectivity index (χ4v) is 1.12. The normalized spacial score (nSPS) is 10.7. The van der Waals surface area contributed by atoms with Gasteiger partial charge in [0, 0.05) is 6.07 Å². The van der Waals surface area contributed by atoms with Crippen molar-refractivity contribution >= 4 is 22.7 Å². The van der Waals surface area contributed by atoms with Gasteiger partial charge in [0.15, 0.2) is 10.7 Å². The van der Waals surface area contributed by atoms with Crippen LogP contribution in [-0.4, -0.2) is 9.97 Å². The molecule has 0 aliphatic carbocycles. The number of furan rings is 1. The molecule has 2 heterocycles. The minimum absolute atomic E-state index is 0.364. The Kier molecular flexibility index (Phi) is 1.32. The Morgan fingerprint density at radius 1 is 1.45 bits per heavy atom. The summed E-state index contributed by atoms with van der Waals surface area (Å²) in [5, 5.41) is 0.364. The maximum Gasteiger partial charge on any atom is 0.189 e. The number of aromatic nitrogens is 2. The Morgan fingerprint density at radius 3 is 3.00 bits per heavy atom. The summed E-state index contributed by atoms with van der Waals surface area (Å²) in [7, 11) is 0. The first-order valence-corrected chi connectivity index (χ1v) is 3.52. The van der Waals surface area contributed by atoms with Gasteiger partial charge < -0.3 is 4.42 Å². The first-order valence-electron chi connectivity index (χ1n) is 3.14. The molecule has 2 aromatic heterocycles. The Labute approximate surface area is 68.0 Å². The molecule has 0 fully saturated rings. The number of halogens is 1. The van der Waals surface area contributed by atoms with Crippen LogP contribution in [0.25, 0.3) is 11.1 Å². The van der Waals surface area contributed by atoms with E-state index in [2.05, 4.69) is 9.97 Å². The Morgan fingerprint density at radius 2 is 2.27 bits per heavy atom. The first-order chi connectivity index (χ1) is 5.27. The summed E-state index contributed by atoms with van der Waals surface area (Å²) >= 11 is 5.73. The lowest BCUT2D eigenvalue weighted by Crippen LogP contribution is -1.77. The molecule has 0 spiro atoms. The third kappa shape index (κ3) is 0.973. The lowest BCUT2D eigenvalue weighted by atomic mass is 10.4. The molecule has 0 N–H and O–H groups in total. The quantitative estimate of drug-likeness (QED) is 0.566. The highest BCUT2D eigenvalue weighted by molar-refractivity contribution is 6.33. The minimum Gasteiger partial charge on any atom is -0.456 e. The Bertz CT molecular complexity index is 396. The number of nitrogens with zero attached hydrogens (tertiary/aromatic N) is 2. The molecule has 0 amide bonds. The van der Waals surface area contributed by atoms with Crippen LogP contribution in [0.4, 0.5) is 0 Å². The van der Waals surface area contributed by atoms with Crippen LogP contribution in [0.2, 0.25) is 5.15 Å². The van der Waals surface area contributed by atoms with Gasteiger partial charge in [0.25, 0.3) is 0 Å². The summed E-state index contributed by atoms with van der Waals surface area (Å²) in [6.07, 6.45) is 1.42. The van der Waals surface area contributed by atoms with Gasteiger partial charge in [-0.25, -0.2) is 9.97 Å². The van der Waals surface area contributed by atoms with E-state index in [1.165, 1.54) is 6.33 Å². The van der Waals surface area contributed by atoms with E-state index in [1.807, 2.05) is 13.0 Å². The summed E-state index contributed by atoms with van der Waals surface area (Å²) in [4.78, 5) is 7.75. The van der Waals surface area contributed by atoms with E-state index in [0.717, 1.165) is 11.3 Å². The second-order valence-electron chi connectivity index (χ2n) is 2.24. The van der Waals surface area contributed by atoms with Crippen LogP contribution in [0.1, 0.15) is 5.76 Å². The average molecular weight is 169 g/mol. The molecule has 4 heteroatoms. The summed E-state index contributed by atoms with van der Waals surface area (Å²) < 4.78 is 5.24. The molecule has 2 aromatic rings. The molecule has 0 atom stereocenters. The Hall–Kier alpha value is -1.09. The monoisotopic (exact) mass is 168 g/mol. The number of aryl methyl sites for hydroxylation is 1. The van der Waals surface area contributed by atoms with Crippen LogP contribution in [0.5, 0.6) is 0 Å². The molecule has 0 aliphatic rings. The molecular formula is C7H5ClN2O. The van der Waals surface area contributed by atoms with Crippen LogP contribution >= 0.6 is 11.6 Å². The SMILES string of the molecule is Cc1cc2ncnc(Cl)c2o1. The molecule has 0 bridgehead atoms. The van der Waals surface area contributed by atoms with Gasteiger partial charge in [0.05, 0.1) is 0 Å². The molecule has 0 radical (unpaired) electrons. The molecule has 0 unspecified atom stereocenters. The third-order valence-electron chi connectivity index (χ3n) is 1.39. The van der Waals surface area contributed by atoms with Gasteiger partial charge in [0.1, 0.15) is 17.6 Å². The summed E-state index contributed by atoms with van der Waals surface area (Å²) in [5.74, 6) is 0.794. The maximum atomic E-state index is 5.73. The smallest absolute Gasteiger partial charge is 0.189 e. The zero-order valence-electron chi connectivity index (χ0n) is 5.84. The van der Waals surface area contributed by atoms with Crippen molar-refractivity contribution in [2.45, 2.75) is 6.92 Å². The lowest BCUT2D eigenvalue weighted by Gasteiger charge is -1.87. The van der Waals surface area contributed by atoms with Crippen LogP contribution in [0.15, 0.2) is 16.8 Å². The summed E-state index contributed by atoms with van der Waals surface area (Å²) in [5.41, 5.74) is 1.31. The highest BCUT2D eigenvalue weighted by atomic mass is 35.5. The first kappa shape index (κ1) is 6.61. The third-order valence-corrected chi connectivity index (χ3v) is 1.66. The molecule has 0 saturated heterocycles. The standard InChI is InChI=1S/C7H5ClN2O/c1-4-2-5-6(11-4)7(8)10-3-9-5/h2-3H,1H3. The lowest BCUT2D eigenvalue weighted by molar-refractivity contribution is 0.577. The van der Waals surface area contributed by atoms with Crippen LogP contribution in [-0.2, 0) is 0 Å². The van der Waals surface area contributed by atoms with E-state index in [0.29, 0.717) is 10.7 Å². The van der Waals surface area contributed by atoms with Crippen LogP contribution in [0, 0.1) is 6.92 Å². The fraction of sp³-hybridized carbons (Fsp3) is 0.143.